The van der Waals surface area contributed by atoms with E-state index < -0.39 is 0 Å². The van der Waals surface area contributed by atoms with Crippen molar-refractivity contribution in [2.24, 2.45) is 0 Å². The molecule has 2 aromatic rings. The molecule has 2 heterocycles. The van der Waals surface area contributed by atoms with Gasteiger partial charge in [-0.2, -0.15) is 14.6 Å². The van der Waals surface area contributed by atoms with Gasteiger partial charge in [0.15, 0.2) is 10.8 Å². The first kappa shape index (κ1) is 11.7. The fraction of sp³-hybridized carbons (Fsp3) is 0.500. The Labute approximate surface area is 103 Å². The first-order valence-corrected chi connectivity index (χ1v) is 6.49. The Hall–Kier alpha value is -0.810. The summed E-state index contributed by atoms with van der Waals surface area (Å²) in [6.07, 6.45) is 3.73. The summed E-state index contributed by atoms with van der Waals surface area (Å²) in [6.45, 7) is 6.37. The van der Waals surface area contributed by atoms with Crippen molar-refractivity contribution < 1.29 is 0 Å². The molecule has 16 heavy (non-hydrogen) atoms. The van der Waals surface area contributed by atoms with Crippen molar-refractivity contribution in [1.29, 1.82) is 0 Å². The molecule has 0 aliphatic carbocycles. The van der Waals surface area contributed by atoms with Crippen LogP contribution in [0.25, 0.3) is 5.65 Å². The van der Waals surface area contributed by atoms with Crippen LogP contribution in [0.5, 0.6) is 0 Å². The lowest BCUT2D eigenvalue weighted by molar-refractivity contribution is 0.593. The van der Waals surface area contributed by atoms with E-state index in [9.17, 15) is 0 Å². The maximum Gasteiger partial charge on any atom is 0.228 e. The van der Waals surface area contributed by atoms with Crippen LogP contribution in [0.15, 0.2) is 11.4 Å². The molecule has 0 radical (unpaired) electrons. The van der Waals surface area contributed by atoms with Gasteiger partial charge in [-0.05, 0) is 23.3 Å². The van der Waals surface area contributed by atoms with Crippen LogP contribution in [-0.2, 0) is 5.41 Å². The Morgan fingerprint density at radius 3 is 2.56 bits per heavy atom. The van der Waals surface area contributed by atoms with E-state index >= 15 is 0 Å². The minimum atomic E-state index is -0.00485. The number of fused-ring (bicyclic) bond motifs is 1. The summed E-state index contributed by atoms with van der Waals surface area (Å²) in [5, 5.41) is 5.23. The van der Waals surface area contributed by atoms with Gasteiger partial charge in [-0.15, -0.1) is 0 Å². The quantitative estimate of drug-likeness (QED) is 0.736. The molecule has 0 N–H and O–H groups in total. The largest absolute Gasteiger partial charge is 0.228 e. The van der Waals surface area contributed by atoms with Crippen molar-refractivity contribution in [3.05, 3.63) is 17.0 Å². The van der Waals surface area contributed by atoms with Crippen LogP contribution in [0.3, 0.4) is 0 Å². The lowest BCUT2D eigenvalue weighted by Gasteiger charge is -2.16. The standard InChI is InChI=1S/C10H13ClN4S/c1-10(2,3)6-5-12-15-7(6)13-9(16-4)14-8(15)11/h5H,1-4H3. The summed E-state index contributed by atoms with van der Waals surface area (Å²) in [7, 11) is 0. The predicted molar refractivity (Wildman–Crippen MR) is 66.3 cm³/mol. The van der Waals surface area contributed by atoms with Crippen molar-refractivity contribution in [2.45, 2.75) is 31.3 Å². The molecule has 4 nitrogen and oxygen atoms in total. The van der Waals surface area contributed by atoms with Crippen LogP contribution in [-0.4, -0.2) is 25.8 Å². The normalized spacial score (nSPS) is 12.3. The third-order valence-electron chi connectivity index (χ3n) is 2.30. The van der Waals surface area contributed by atoms with Gasteiger partial charge in [0.05, 0.1) is 6.20 Å². The number of halogens is 1. The van der Waals surface area contributed by atoms with Gasteiger partial charge in [0, 0.05) is 5.56 Å². The Morgan fingerprint density at radius 2 is 2.00 bits per heavy atom. The fourth-order valence-corrected chi connectivity index (χ4v) is 2.06. The van der Waals surface area contributed by atoms with Crippen LogP contribution in [0.2, 0.25) is 5.28 Å². The van der Waals surface area contributed by atoms with Gasteiger partial charge in [-0.3, -0.25) is 0 Å². The van der Waals surface area contributed by atoms with Crippen LogP contribution in [0.4, 0.5) is 0 Å². The number of aromatic nitrogens is 4. The molecular formula is C10H13ClN4S. The highest BCUT2D eigenvalue weighted by Gasteiger charge is 2.21. The first-order valence-electron chi connectivity index (χ1n) is 4.89. The average molecular weight is 257 g/mol. The first-order chi connectivity index (χ1) is 7.43. The molecule has 0 bridgehead atoms. The molecule has 86 valence electrons. The summed E-state index contributed by atoms with van der Waals surface area (Å²) >= 11 is 7.51. The van der Waals surface area contributed by atoms with Crippen LogP contribution >= 0.6 is 23.4 Å². The van der Waals surface area contributed by atoms with E-state index in [1.807, 2.05) is 6.26 Å². The topological polar surface area (TPSA) is 43.1 Å². The van der Waals surface area contributed by atoms with E-state index in [0.29, 0.717) is 10.4 Å². The molecule has 0 saturated heterocycles. The number of hydrogen-bond acceptors (Lipinski definition) is 4. The smallest absolute Gasteiger partial charge is 0.202 e. The summed E-state index contributed by atoms with van der Waals surface area (Å²) in [5.74, 6) is 0. The Kier molecular flexibility index (Phi) is 2.84. The molecule has 0 unspecified atom stereocenters. The van der Waals surface area contributed by atoms with Crippen molar-refractivity contribution in [2.75, 3.05) is 6.26 Å². The van der Waals surface area contributed by atoms with E-state index in [2.05, 4.69) is 35.8 Å². The van der Waals surface area contributed by atoms with E-state index in [0.717, 1.165) is 11.2 Å². The van der Waals surface area contributed by atoms with Crippen molar-refractivity contribution >= 4 is 29.0 Å². The Morgan fingerprint density at radius 1 is 1.31 bits per heavy atom. The number of rotatable bonds is 1. The molecule has 0 saturated carbocycles. The Balaban J connectivity index is 2.75. The van der Waals surface area contributed by atoms with Gasteiger partial charge in [0.2, 0.25) is 5.28 Å². The average Bonchev–Trinajstić information content (AvgIpc) is 2.60. The minimum Gasteiger partial charge on any atom is -0.202 e. The van der Waals surface area contributed by atoms with Crippen molar-refractivity contribution in [1.82, 2.24) is 19.6 Å². The van der Waals surface area contributed by atoms with Crippen LogP contribution < -0.4 is 0 Å². The van der Waals surface area contributed by atoms with Gasteiger partial charge in [-0.1, -0.05) is 32.5 Å². The van der Waals surface area contributed by atoms with E-state index in [1.54, 1.807) is 10.7 Å². The fourth-order valence-electron chi connectivity index (χ4n) is 1.45. The SMILES string of the molecule is CSc1nc(Cl)n2ncc(C(C)(C)C)c2n1. The van der Waals surface area contributed by atoms with Crippen molar-refractivity contribution in [3.63, 3.8) is 0 Å². The van der Waals surface area contributed by atoms with E-state index in [4.69, 9.17) is 11.6 Å². The molecule has 0 aliphatic heterocycles. The van der Waals surface area contributed by atoms with Gasteiger partial charge in [0.1, 0.15) is 0 Å². The second kappa shape index (κ2) is 3.89. The maximum atomic E-state index is 6.04. The van der Waals surface area contributed by atoms with Crippen LogP contribution in [0, 0.1) is 0 Å². The second-order valence-electron chi connectivity index (χ2n) is 4.52. The van der Waals surface area contributed by atoms with Crippen molar-refractivity contribution in [3.8, 4) is 0 Å². The lowest BCUT2D eigenvalue weighted by atomic mass is 9.89. The second-order valence-corrected chi connectivity index (χ2v) is 5.63. The summed E-state index contributed by atoms with van der Waals surface area (Å²) in [5.41, 5.74) is 1.86. The van der Waals surface area contributed by atoms with Gasteiger partial charge in [-0.25, -0.2) is 4.98 Å². The van der Waals surface area contributed by atoms with E-state index in [-0.39, 0.29) is 5.41 Å². The molecule has 0 aromatic carbocycles. The van der Waals surface area contributed by atoms with E-state index in [1.165, 1.54) is 11.8 Å². The highest BCUT2D eigenvalue weighted by atomic mass is 35.5. The lowest BCUT2D eigenvalue weighted by Crippen LogP contribution is -2.11. The zero-order valence-corrected chi connectivity index (χ0v) is 11.2. The molecular weight excluding hydrogens is 244 g/mol. The third kappa shape index (κ3) is 1.89. The molecule has 0 atom stereocenters. The molecule has 6 heteroatoms. The van der Waals surface area contributed by atoms with Gasteiger partial charge >= 0.3 is 0 Å². The summed E-state index contributed by atoms with van der Waals surface area (Å²) < 4.78 is 1.57. The highest BCUT2D eigenvalue weighted by Crippen LogP contribution is 2.27. The maximum absolute atomic E-state index is 6.04. The van der Waals surface area contributed by atoms with Gasteiger partial charge < -0.3 is 0 Å². The summed E-state index contributed by atoms with van der Waals surface area (Å²) in [6, 6.07) is 0. The predicted octanol–water partition coefficient (Wildman–Crippen LogP) is 2.80. The third-order valence-corrected chi connectivity index (χ3v) is 3.09. The highest BCUT2D eigenvalue weighted by molar-refractivity contribution is 7.98. The summed E-state index contributed by atoms with van der Waals surface area (Å²) in [4.78, 5) is 8.58. The number of thioether (sulfide) groups is 1. The molecule has 2 aromatic heterocycles. The minimum absolute atomic E-state index is 0.00485. The van der Waals surface area contributed by atoms with Gasteiger partial charge in [0.25, 0.3) is 0 Å². The molecule has 0 amide bonds. The Bertz CT molecular complexity index is 529. The number of nitrogens with zero attached hydrogens (tertiary/aromatic N) is 4. The zero-order valence-electron chi connectivity index (χ0n) is 9.65. The molecule has 0 aliphatic rings. The molecule has 0 fully saturated rings. The molecule has 0 spiro atoms. The van der Waals surface area contributed by atoms with Crippen LogP contribution in [0.1, 0.15) is 26.3 Å². The molecule has 2 rings (SSSR count). The monoisotopic (exact) mass is 256 g/mol. The number of hydrogen-bond donors (Lipinski definition) is 0. The zero-order chi connectivity index (χ0) is 11.9.